The van der Waals surface area contributed by atoms with Gasteiger partial charge in [0.05, 0.1) is 6.20 Å². The van der Waals surface area contributed by atoms with Crippen LogP contribution >= 0.6 is 0 Å². The number of hydrogen-bond donors (Lipinski definition) is 2. The second-order valence-corrected chi connectivity index (χ2v) is 4.23. The normalized spacial score (nSPS) is 14.4. The zero-order valence-electron chi connectivity index (χ0n) is 9.58. The summed E-state index contributed by atoms with van der Waals surface area (Å²) in [7, 11) is 0. The highest BCUT2D eigenvalue weighted by molar-refractivity contribution is 5.76. The number of carbonyl (C=O) groups excluding carboxylic acids is 1. The minimum absolute atomic E-state index is 0.112. The average Bonchev–Trinajstić information content (AvgIpc) is 3.11. The van der Waals surface area contributed by atoms with Gasteiger partial charge in [0.25, 0.3) is 0 Å². The minimum Gasteiger partial charge on any atom is -0.370 e. The monoisotopic (exact) mass is 237 g/mol. The van der Waals surface area contributed by atoms with Crippen LogP contribution in [0.3, 0.4) is 0 Å². The summed E-state index contributed by atoms with van der Waals surface area (Å²) in [6.45, 7) is 0.663. The molecule has 17 heavy (non-hydrogen) atoms. The molecule has 0 spiro atoms. The maximum absolute atomic E-state index is 12.6. The maximum Gasteiger partial charge on any atom is 0.220 e. The van der Waals surface area contributed by atoms with E-state index in [4.69, 9.17) is 0 Å². The van der Waals surface area contributed by atoms with E-state index in [9.17, 15) is 9.18 Å². The third kappa shape index (κ3) is 4.38. The molecule has 1 saturated carbocycles. The van der Waals surface area contributed by atoms with Crippen molar-refractivity contribution in [1.29, 1.82) is 0 Å². The number of nitrogens with zero attached hydrogens (tertiary/aromatic N) is 1. The molecule has 0 bridgehead atoms. The molecular weight excluding hydrogens is 221 g/mol. The van der Waals surface area contributed by atoms with Crippen LogP contribution in [0.2, 0.25) is 0 Å². The molecule has 1 amide bonds. The second kappa shape index (κ2) is 5.61. The summed E-state index contributed by atoms with van der Waals surface area (Å²) in [4.78, 5) is 15.2. The zero-order chi connectivity index (χ0) is 12.1. The van der Waals surface area contributed by atoms with E-state index in [1.54, 1.807) is 6.07 Å². The van der Waals surface area contributed by atoms with Crippen molar-refractivity contribution >= 4 is 11.7 Å². The van der Waals surface area contributed by atoms with Crippen LogP contribution in [0.25, 0.3) is 0 Å². The molecule has 0 unspecified atom stereocenters. The van der Waals surface area contributed by atoms with Crippen molar-refractivity contribution < 1.29 is 9.18 Å². The molecule has 0 saturated heterocycles. The third-order valence-electron chi connectivity index (χ3n) is 2.56. The molecule has 0 atom stereocenters. The summed E-state index contributed by atoms with van der Waals surface area (Å²) in [5.41, 5.74) is 0. The highest BCUT2D eigenvalue weighted by atomic mass is 19.1. The van der Waals surface area contributed by atoms with Crippen LogP contribution < -0.4 is 10.6 Å². The first-order chi connectivity index (χ1) is 8.24. The fraction of sp³-hybridized carbons (Fsp3) is 0.500. The Bertz CT molecular complexity index is 376. The molecular formula is C12H16FN3O. The fourth-order valence-corrected chi connectivity index (χ4v) is 1.47. The molecule has 0 aliphatic heterocycles. The number of carbonyl (C=O) groups is 1. The van der Waals surface area contributed by atoms with Crippen molar-refractivity contribution in [2.75, 3.05) is 11.9 Å². The lowest BCUT2D eigenvalue weighted by molar-refractivity contribution is -0.121. The molecule has 1 fully saturated rings. The van der Waals surface area contributed by atoms with Gasteiger partial charge in [0.1, 0.15) is 11.6 Å². The number of anilines is 1. The lowest BCUT2D eigenvalue weighted by Gasteiger charge is -2.05. The Hall–Kier alpha value is -1.65. The van der Waals surface area contributed by atoms with Crippen molar-refractivity contribution in [2.24, 2.45) is 0 Å². The van der Waals surface area contributed by atoms with Crippen molar-refractivity contribution in [3.63, 3.8) is 0 Å². The van der Waals surface area contributed by atoms with Gasteiger partial charge in [-0.2, -0.15) is 0 Å². The van der Waals surface area contributed by atoms with Gasteiger partial charge >= 0.3 is 0 Å². The molecule has 1 aromatic heterocycles. The van der Waals surface area contributed by atoms with Gasteiger partial charge in [0, 0.05) is 19.0 Å². The van der Waals surface area contributed by atoms with Gasteiger partial charge in [-0.05, 0) is 31.4 Å². The van der Waals surface area contributed by atoms with E-state index in [0.717, 1.165) is 19.3 Å². The number of pyridine rings is 1. The van der Waals surface area contributed by atoms with E-state index in [1.807, 2.05) is 0 Å². The van der Waals surface area contributed by atoms with Crippen molar-refractivity contribution in [3.8, 4) is 0 Å². The lowest BCUT2D eigenvalue weighted by Crippen LogP contribution is -2.25. The van der Waals surface area contributed by atoms with Crippen LogP contribution in [0.5, 0.6) is 0 Å². The second-order valence-electron chi connectivity index (χ2n) is 4.23. The molecule has 2 rings (SSSR count). The van der Waals surface area contributed by atoms with Gasteiger partial charge in [-0.3, -0.25) is 4.79 Å². The first kappa shape index (κ1) is 11.8. The Labute approximate surface area is 99.6 Å². The molecule has 0 aromatic carbocycles. The SMILES string of the molecule is O=C(CCCNc1ccc(F)cn1)NC1CC1. The number of aromatic nitrogens is 1. The smallest absolute Gasteiger partial charge is 0.220 e. The number of hydrogen-bond acceptors (Lipinski definition) is 3. The highest BCUT2D eigenvalue weighted by Gasteiger charge is 2.22. The summed E-state index contributed by atoms with van der Waals surface area (Å²) < 4.78 is 12.6. The molecule has 1 heterocycles. The van der Waals surface area contributed by atoms with E-state index in [2.05, 4.69) is 15.6 Å². The van der Waals surface area contributed by atoms with Crippen molar-refractivity contribution in [3.05, 3.63) is 24.1 Å². The first-order valence-corrected chi connectivity index (χ1v) is 5.89. The quantitative estimate of drug-likeness (QED) is 0.740. The molecule has 1 aromatic rings. The number of amides is 1. The summed E-state index contributed by atoms with van der Waals surface area (Å²) >= 11 is 0. The van der Waals surface area contributed by atoms with Gasteiger partial charge in [-0.15, -0.1) is 0 Å². The average molecular weight is 237 g/mol. The van der Waals surface area contributed by atoms with Crippen LogP contribution in [0.4, 0.5) is 10.2 Å². The largest absolute Gasteiger partial charge is 0.370 e. The number of halogens is 1. The van der Waals surface area contributed by atoms with E-state index >= 15 is 0 Å². The fourth-order valence-electron chi connectivity index (χ4n) is 1.47. The van der Waals surface area contributed by atoms with Crippen LogP contribution in [0.15, 0.2) is 18.3 Å². The van der Waals surface area contributed by atoms with E-state index in [1.165, 1.54) is 12.3 Å². The van der Waals surface area contributed by atoms with Crippen LogP contribution in [-0.2, 0) is 4.79 Å². The molecule has 92 valence electrons. The molecule has 1 aliphatic rings. The van der Waals surface area contributed by atoms with Crippen molar-refractivity contribution in [2.45, 2.75) is 31.7 Å². The van der Waals surface area contributed by atoms with Gasteiger partial charge in [-0.25, -0.2) is 9.37 Å². The van der Waals surface area contributed by atoms with Gasteiger partial charge in [0.15, 0.2) is 0 Å². The number of rotatable bonds is 6. The molecule has 2 N–H and O–H groups in total. The lowest BCUT2D eigenvalue weighted by atomic mass is 10.3. The van der Waals surface area contributed by atoms with E-state index in [-0.39, 0.29) is 11.7 Å². The first-order valence-electron chi connectivity index (χ1n) is 5.89. The van der Waals surface area contributed by atoms with E-state index in [0.29, 0.717) is 24.8 Å². The van der Waals surface area contributed by atoms with Gasteiger partial charge < -0.3 is 10.6 Å². The molecule has 0 radical (unpaired) electrons. The van der Waals surface area contributed by atoms with Crippen molar-refractivity contribution in [1.82, 2.24) is 10.3 Å². The van der Waals surface area contributed by atoms with Crippen LogP contribution in [-0.4, -0.2) is 23.5 Å². The predicted molar refractivity (Wildman–Crippen MR) is 63.1 cm³/mol. The highest BCUT2D eigenvalue weighted by Crippen LogP contribution is 2.18. The van der Waals surface area contributed by atoms with Crippen LogP contribution in [0, 0.1) is 5.82 Å². The van der Waals surface area contributed by atoms with E-state index < -0.39 is 0 Å². The molecule has 5 heteroatoms. The Morgan fingerprint density at radius 3 is 2.94 bits per heavy atom. The molecule has 4 nitrogen and oxygen atoms in total. The third-order valence-corrected chi connectivity index (χ3v) is 2.56. The summed E-state index contributed by atoms with van der Waals surface area (Å²) in [6, 6.07) is 3.36. The Kier molecular flexibility index (Phi) is 3.90. The zero-order valence-corrected chi connectivity index (χ0v) is 9.58. The number of nitrogens with one attached hydrogen (secondary N) is 2. The Morgan fingerprint density at radius 2 is 2.29 bits per heavy atom. The van der Waals surface area contributed by atoms with Gasteiger partial charge in [0.2, 0.25) is 5.91 Å². The Balaban J connectivity index is 1.59. The van der Waals surface area contributed by atoms with Crippen LogP contribution in [0.1, 0.15) is 25.7 Å². The predicted octanol–water partition coefficient (Wildman–Crippen LogP) is 1.69. The maximum atomic E-state index is 12.6. The van der Waals surface area contributed by atoms with Gasteiger partial charge in [-0.1, -0.05) is 0 Å². The summed E-state index contributed by atoms with van der Waals surface area (Å²) in [5, 5.41) is 5.97. The standard InChI is InChI=1S/C12H16FN3O/c13-9-3-6-11(15-8-9)14-7-1-2-12(17)16-10-4-5-10/h3,6,8,10H,1-2,4-5,7H2,(H,14,15)(H,16,17). The Morgan fingerprint density at radius 1 is 1.47 bits per heavy atom. The molecule has 1 aliphatic carbocycles. The minimum atomic E-state index is -0.348. The summed E-state index contributed by atoms with van der Waals surface area (Å²) in [5.74, 6) is 0.398. The summed E-state index contributed by atoms with van der Waals surface area (Å²) in [6.07, 6.45) is 4.66. The topological polar surface area (TPSA) is 54.0 Å².